The van der Waals surface area contributed by atoms with Crippen molar-refractivity contribution in [2.75, 3.05) is 0 Å². The molecule has 3 nitrogen and oxygen atoms in total. The molecule has 0 spiro atoms. The number of rotatable bonds is 4. The third-order valence-corrected chi connectivity index (χ3v) is 2.91. The highest BCUT2D eigenvalue weighted by Gasteiger charge is 2.10. The number of nitrogens with zero attached hydrogens (tertiary/aromatic N) is 1. The summed E-state index contributed by atoms with van der Waals surface area (Å²) in [7, 11) is 0. The Morgan fingerprint density at radius 2 is 2.00 bits per heavy atom. The van der Waals surface area contributed by atoms with Crippen LogP contribution >= 0.6 is 0 Å². The minimum atomic E-state index is 0.512. The molecule has 0 aliphatic rings. The molecule has 17 heavy (non-hydrogen) atoms. The zero-order valence-electron chi connectivity index (χ0n) is 10.5. The third-order valence-electron chi connectivity index (χ3n) is 2.91. The van der Waals surface area contributed by atoms with E-state index in [1.807, 2.05) is 32.0 Å². The van der Waals surface area contributed by atoms with E-state index in [4.69, 9.17) is 9.26 Å². The number of ether oxygens (including phenoxy) is 1. The van der Waals surface area contributed by atoms with Crippen molar-refractivity contribution in [1.82, 2.24) is 5.16 Å². The summed E-state index contributed by atoms with van der Waals surface area (Å²) in [6.07, 6.45) is 0.970. The Bertz CT molecular complexity index is 483. The first-order valence-electron chi connectivity index (χ1n) is 5.84. The summed E-state index contributed by atoms with van der Waals surface area (Å²) in [5.41, 5.74) is 3.16. The van der Waals surface area contributed by atoms with Crippen LogP contribution in [0.5, 0.6) is 5.75 Å². The Kier molecular flexibility index (Phi) is 3.47. The first kappa shape index (κ1) is 11.7. The average molecular weight is 231 g/mol. The number of benzene rings is 1. The van der Waals surface area contributed by atoms with Crippen LogP contribution in [0.25, 0.3) is 0 Å². The lowest BCUT2D eigenvalue weighted by Gasteiger charge is -2.09. The SMILES string of the molecule is CCc1ccccc1OCc1c(C)noc1C. The molecule has 0 N–H and O–H groups in total. The molecule has 0 fully saturated rings. The second-order valence-electron chi connectivity index (χ2n) is 4.05. The molecule has 0 bridgehead atoms. The molecule has 2 aromatic rings. The van der Waals surface area contributed by atoms with Crippen LogP contribution in [0.3, 0.4) is 0 Å². The monoisotopic (exact) mass is 231 g/mol. The van der Waals surface area contributed by atoms with Gasteiger partial charge in [0, 0.05) is 0 Å². The topological polar surface area (TPSA) is 35.3 Å². The molecule has 0 saturated heterocycles. The van der Waals surface area contributed by atoms with E-state index in [9.17, 15) is 0 Å². The summed E-state index contributed by atoms with van der Waals surface area (Å²) >= 11 is 0. The molecule has 0 aliphatic heterocycles. The zero-order valence-corrected chi connectivity index (χ0v) is 10.5. The van der Waals surface area contributed by atoms with Crippen LogP contribution in [0.1, 0.15) is 29.5 Å². The highest BCUT2D eigenvalue weighted by Crippen LogP contribution is 2.21. The van der Waals surface area contributed by atoms with Crippen LogP contribution in [0.15, 0.2) is 28.8 Å². The zero-order chi connectivity index (χ0) is 12.3. The van der Waals surface area contributed by atoms with Gasteiger partial charge in [-0.3, -0.25) is 0 Å². The molecule has 0 radical (unpaired) electrons. The number of hydrogen-bond donors (Lipinski definition) is 0. The van der Waals surface area contributed by atoms with Gasteiger partial charge in [0.2, 0.25) is 0 Å². The summed E-state index contributed by atoms with van der Waals surface area (Å²) in [6, 6.07) is 8.10. The normalized spacial score (nSPS) is 10.5. The van der Waals surface area contributed by atoms with Crippen molar-refractivity contribution in [3.05, 3.63) is 46.8 Å². The second-order valence-corrected chi connectivity index (χ2v) is 4.05. The van der Waals surface area contributed by atoms with E-state index in [0.29, 0.717) is 6.61 Å². The van der Waals surface area contributed by atoms with Crippen LogP contribution in [-0.4, -0.2) is 5.16 Å². The van der Waals surface area contributed by atoms with Crippen molar-refractivity contribution in [2.24, 2.45) is 0 Å². The van der Waals surface area contributed by atoms with Gasteiger partial charge in [-0.15, -0.1) is 0 Å². The first-order valence-corrected chi connectivity index (χ1v) is 5.84. The van der Waals surface area contributed by atoms with Crippen molar-refractivity contribution in [3.8, 4) is 5.75 Å². The van der Waals surface area contributed by atoms with E-state index >= 15 is 0 Å². The maximum Gasteiger partial charge on any atom is 0.140 e. The van der Waals surface area contributed by atoms with Crippen LogP contribution in [0, 0.1) is 13.8 Å². The van der Waals surface area contributed by atoms with E-state index in [0.717, 1.165) is 29.2 Å². The number of aryl methyl sites for hydroxylation is 3. The predicted octanol–water partition coefficient (Wildman–Crippen LogP) is 3.43. The Hall–Kier alpha value is -1.77. The minimum Gasteiger partial charge on any atom is -0.488 e. The minimum absolute atomic E-state index is 0.512. The van der Waals surface area contributed by atoms with Gasteiger partial charge in [-0.25, -0.2) is 0 Å². The number of para-hydroxylation sites is 1. The van der Waals surface area contributed by atoms with Gasteiger partial charge in [-0.05, 0) is 31.9 Å². The van der Waals surface area contributed by atoms with Gasteiger partial charge in [0.15, 0.2) is 0 Å². The van der Waals surface area contributed by atoms with E-state index in [-0.39, 0.29) is 0 Å². The van der Waals surface area contributed by atoms with E-state index < -0.39 is 0 Å². The van der Waals surface area contributed by atoms with Crippen molar-refractivity contribution in [3.63, 3.8) is 0 Å². The van der Waals surface area contributed by atoms with Crippen LogP contribution in [0.4, 0.5) is 0 Å². The molecule has 1 heterocycles. The van der Waals surface area contributed by atoms with Crippen molar-refractivity contribution >= 4 is 0 Å². The fraction of sp³-hybridized carbons (Fsp3) is 0.357. The largest absolute Gasteiger partial charge is 0.488 e. The molecule has 0 aliphatic carbocycles. The van der Waals surface area contributed by atoms with Gasteiger partial charge in [-0.2, -0.15) is 0 Å². The van der Waals surface area contributed by atoms with E-state index in [1.165, 1.54) is 5.56 Å². The lowest BCUT2D eigenvalue weighted by atomic mass is 10.1. The van der Waals surface area contributed by atoms with Gasteiger partial charge in [-0.1, -0.05) is 30.3 Å². The fourth-order valence-corrected chi connectivity index (χ4v) is 1.79. The van der Waals surface area contributed by atoms with Crippen molar-refractivity contribution < 1.29 is 9.26 Å². The molecule has 0 saturated carbocycles. The maximum absolute atomic E-state index is 5.83. The molecule has 90 valence electrons. The van der Waals surface area contributed by atoms with E-state index in [1.54, 1.807) is 0 Å². The summed E-state index contributed by atoms with van der Waals surface area (Å²) in [6.45, 7) is 6.47. The molecule has 1 aromatic carbocycles. The molecule has 0 atom stereocenters. The van der Waals surface area contributed by atoms with Crippen molar-refractivity contribution in [2.45, 2.75) is 33.8 Å². The van der Waals surface area contributed by atoms with Gasteiger partial charge in [0.1, 0.15) is 18.1 Å². The van der Waals surface area contributed by atoms with Gasteiger partial charge >= 0.3 is 0 Å². The molecular weight excluding hydrogens is 214 g/mol. The Morgan fingerprint density at radius 3 is 2.65 bits per heavy atom. The van der Waals surface area contributed by atoms with Gasteiger partial charge in [0.05, 0.1) is 11.3 Å². The number of hydrogen-bond acceptors (Lipinski definition) is 3. The quantitative estimate of drug-likeness (QED) is 0.808. The summed E-state index contributed by atoms with van der Waals surface area (Å²) in [5.74, 6) is 1.77. The molecular formula is C14H17NO2. The van der Waals surface area contributed by atoms with Gasteiger partial charge in [0.25, 0.3) is 0 Å². The molecule has 3 heteroatoms. The molecule has 0 unspecified atom stereocenters. The smallest absolute Gasteiger partial charge is 0.140 e. The highest BCUT2D eigenvalue weighted by atomic mass is 16.5. The van der Waals surface area contributed by atoms with Crippen molar-refractivity contribution in [1.29, 1.82) is 0 Å². The fourth-order valence-electron chi connectivity index (χ4n) is 1.79. The Labute approximate surface area is 101 Å². The first-order chi connectivity index (χ1) is 8.22. The summed E-state index contributed by atoms with van der Waals surface area (Å²) in [5, 5.41) is 3.92. The maximum atomic E-state index is 5.83. The van der Waals surface area contributed by atoms with Gasteiger partial charge < -0.3 is 9.26 Å². The van der Waals surface area contributed by atoms with E-state index in [2.05, 4.69) is 18.1 Å². The second kappa shape index (κ2) is 5.04. The summed E-state index contributed by atoms with van der Waals surface area (Å²) in [4.78, 5) is 0. The predicted molar refractivity (Wildman–Crippen MR) is 66.1 cm³/mol. The number of aromatic nitrogens is 1. The summed E-state index contributed by atoms with van der Waals surface area (Å²) < 4.78 is 10.9. The Morgan fingerprint density at radius 1 is 1.24 bits per heavy atom. The lowest BCUT2D eigenvalue weighted by Crippen LogP contribution is -1.99. The van der Waals surface area contributed by atoms with Crippen LogP contribution < -0.4 is 4.74 Å². The molecule has 1 aromatic heterocycles. The standard InChI is InChI=1S/C14H17NO2/c1-4-12-7-5-6-8-14(12)16-9-13-10(2)15-17-11(13)3/h5-8H,4,9H2,1-3H3. The van der Waals surface area contributed by atoms with Crippen LogP contribution in [-0.2, 0) is 13.0 Å². The third kappa shape index (κ3) is 2.49. The lowest BCUT2D eigenvalue weighted by molar-refractivity contribution is 0.299. The van der Waals surface area contributed by atoms with Crippen LogP contribution in [0.2, 0.25) is 0 Å². The Balaban J connectivity index is 2.12. The molecule has 0 amide bonds. The molecule has 2 rings (SSSR count). The highest BCUT2D eigenvalue weighted by molar-refractivity contribution is 5.33. The average Bonchev–Trinajstić information content (AvgIpc) is 2.67.